The molecule has 1 fully saturated rings. The number of ether oxygens (including phenoxy) is 1. The molecule has 1 aliphatic heterocycles. The van der Waals surface area contributed by atoms with Crippen LogP contribution in [-0.2, 0) is 4.74 Å². The van der Waals surface area contributed by atoms with Crippen LogP contribution < -0.4 is 0 Å². The van der Waals surface area contributed by atoms with Gasteiger partial charge in [0.25, 0.3) is 5.91 Å². The molecule has 0 aliphatic carbocycles. The summed E-state index contributed by atoms with van der Waals surface area (Å²) in [5.74, 6) is 0.602. The van der Waals surface area contributed by atoms with Crippen LogP contribution in [0.25, 0.3) is 11.0 Å². The second kappa shape index (κ2) is 8.25. The first-order valence-corrected chi connectivity index (χ1v) is 10.00. The predicted molar refractivity (Wildman–Crippen MR) is 109 cm³/mol. The largest absolute Gasteiger partial charge is 0.450 e. The monoisotopic (exact) mass is 386 g/mol. The van der Waals surface area contributed by atoms with Crippen molar-refractivity contribution in [2.45, 2.75) is 41.0 Å². The van der Waals surface area contributed by atoms with E-state index in [1.54, 1.807) is 9.80 Å². The number of rotatable bonds is 3. The van der Waals surface area contributed by atoms with Crippen molar-refractivity contribution in [1.29, 1.82) is 0 Å². The lowest BCUT2D eigenvalue weighted by Gasteiger charge is -2.21. The fourth-order valence-corrected chi connectivity index (χ4v) is 3.66. The summed E-state index contributed by atoms with van der Waals surface area (Å²) in [7, 11) is 0. The highest BCUT2D eigenvalue weighted by atomic mass is 16.6. The molecular weight excluding hydrogens is 356 g/mol. The summed E-state index contributed by atoms with van der Waals surface area (Å²) in [5, 5.41) is 1.03. The van der Waals surface area contributed by atoms with Gasteiger partial charge in [-0.15, -0.1) is 0 Å². The molecule has 152 valence electrons. The van der Waals surface area contributed by atoms with Gasteiger partial charge in [0.15, 0.2) is 5.76 Å². The van der Waals surface area contributed by atoms with Crippen molar-refractivity contribution in [2.24, 2.45) is 5.92 Å². The maximum Gasteiger partial charge on any atom is 0.409 e. The molecule has 0 spiro atoms. The zero-order valence-electron chi connectivity index (χ0n) is 17.5. The molecule has 28 heavy (non-hydrogen) atoms. The van der Waals surface area contributed by atoms with Gasteiger partial charge in [0.1, 0.15) is 5.58 Å². The SMILES string of the molecule is Cc1ccc(C)c2c(C)c(C(=O)N3CCCN(C(=O)OCC(C)C)CC3)oc12. The van der Waals surface area contributed by atoms with E-state index in [1.165, 1.54) is 0 Å². The molecule has 0 bridgehead atoms. The molecule has 0 unspecified atom stereocenters. The number of hydrogen-bond donors (Lipinski definition) is 0. The van der Waals surface area contributed by atoms with Gasteiger partial charge >= 0.3 is 6.09 Å². The molecule has 2 amide bonds. The smallest absolute Gasteiger partial charge is 0.409 e. The Labute approximate surface area is 166 Å². The molecule has 2 aromatic rings. The normalized spacial score (nSPS) is 15.2. The first-order valence-electron chi connectivity index (χ1n) is 10.00. The molecule has 6 heteroatoms. The molecule has 0 N–H and O–H groups in total. The number of aryl methyl sites for hydroxylation is 3. The summed E-state index contributed by atoms with van der Waals surface area (Å²) >= 11 is 0. The summed E-state index contributed by atoms with van der Waals surface area (Å²) < 4.78 is 11.3. The minimum Gasteiger partial charge on any atom is -0.450 e. The molecule has 0 saturated carbocycles. The number of benzene rings is 1. The van der Waals surface area contributed by atoms with Gasteiger partial charge in [-0.2, -0.15) is 0 Å². The highest BCUT2D eigenvalue weighted by Gasteiger charge is 2.28. The van der Waals surface area contributed by atoms with Crippen LogP contribution in [0.15, 0.2) is 16.5 Å². The molecule has 0 radical (unpaired) electrons. The average molecular weight is 386 g/mol. The average Bonchev–Trinajstić information content (AvgIpc) is 2.85. The van der Waals surface area contributed by atoms with Gasteiger partial charge in [0, 0.05) is 37.1 Å². The second-order valence-electron chi connectivity index (χ2n) is 8.06. The van der Waals surface area contributed by atoms with Crippen LogP contribution in [0.4, 0.5) is 4.79 Å². The van der Waals surface area contributed by atoms with E-state index >= 15 is 0 Å². The zero-order chi connectivity index (χ0) is 20.4. The fourth-order valence-electron chi connectivity index (χ4n) is 3.66. The standard InChI is InChI=1S/C22H30N2O4/c1-14(2)13-27-22(26)24-10-6-9-23(11-12-24)21(25)20-17(5)18-15(3)7-8-16(4)19(18)28-20/h7-8,14H,6,9-13H2,1-5H3. The highest BCUT2D eigenvalue weighted by Crippen LogP contribution is 2.31. The Morgan fingerprint density at radius 2 is 1.68 bits per heavy atom. The van der Waals surface area contributed by atoms with Gasteiger partial charge < -0.3 is 19.0 Å². The number of fused-ring (bicyclic) bond motifs is 1. The Balaban J connectivity index is 1.74. The van der Waals surface area contributed by atoms with Crippen LogP contribution in [0.1, 0.15) is 47.5 Å². The van der Waals surface area contributed by atoms with Crippen molar-refractivity contribution >= 4 is 23.0 Å². The van der Waals surface area contributed by atoms with Gasteiger partial charge in [0.2, 0.25) is 0 Å². The lowest BCUT2D eigenvalue weighted by molar-refractivity contribution is 0.0718. The van der Waals surface area contributed by atoms with Crippen molar-refractivity contribution in [1.82, 2.24) is 9.80 Å². The Morgan fingerprint density at radius 1 is 1.04 bits per heavy atom. The first kappa shape index (κ1) is 20.2. The van der Waals surface area contributed by atoms with E-state index in [2.05, 4.69) is 6.07 Å². The predicted octanol–water partition coefficient (Wildman–Crippen LogP) is 4.30. The van der Waals surface area contributed by atoms with Crippen LogP contribution >= 0.6 is 0 Å². The van der Waals surface area contributed by atoms with Crippen molar-refractivity contribution in [3.05, 3.63) is 34.6 Å². The maximum absolute atomic E-state index is 13.2. The van der Waals surface area contributed by atoms with Crippen LogP contribution in [0, 0.1) is 26.7 Å². The Morgan fingerprint density at radius 3 is 2.36 bits per heavy atom. The van der Waals surface area contributed by atoms with Crippen LogP contribution in [-0.4, -0.2) is 54.6 Å². The third-order valence-electron chi connectivity index (χ3n) is 5.26. The van der Waals surface area contributed by atoms with E-state index in [4.69, 9.17) is 9.15 Å². The Bertz CT molecular complexity index is 884. The topological polar surface area (TPSA) is 63.0 Å². The fraction of sp³-hybridized carbons (Fsp3) is 0.545. The van der Waals surface area contributed by atoms with Crippen molar-refractivity contribution in [2.75, 3.05) is 32.8 Å². The van der Waals surface area contributed by atoms with Crippen LogP contribution in [0.2, 0.25) is 0 Å². The van der Waals surface area contributed by atoms with E-state index in [1.807, 2.05) is 40.7 Å². The molecule has 1 aliphatic rings. The minimum absolute atomic E-state index is 0.107. The van der Waals surface area contributed by atoms with Crippen molar-refractivity contribution in [3.8, 4) is 0 Å². The summed E-state index contributed by atoms with van der Waals surface area (Å²) in [5.41, 5.74) is 3.81. The molecule has 1 aromatic heterocycles. The van der Waals surface area contributed by atoms with Gasteiger partial charge in [-0.1, -0.05) is 26.0 Å². The van der Waals surface area contributed by atoms with Gasteiger partial charge in [-0.05, 0) is 44.2 Å². The molecule has 1 aromatic carbocycles. The third kappa shape index (κ3) is 4.01. The van der Waals surface area contributed by atoms with Crippen LogP contribution in [0.3, 0.4) is 0 Å². The van der Waals surface area contributed by atoms with Gasteiger partial charge in [-0.25, -0.2) is 4.79 Å². The van der Waals surface area contributed by atoms with Crippen molar-refractivity contribution in [3.63, 3.8) is 0 Å². The van der Waals surface area contributed by atoms with Gasteiger partial charge in [0.05, 0.1) is 6.61 Å². The number of carbonyl (C=O) groups is 2. The molecule has 0 atom stereocenters. The van der Waals surface area contributed by atoms with Crippen LogP contribution in [0.5, 0.6) is 0 Å². The molecular formula is C22H30N2O4. The van der Waals surface area contributed by atoms with E-state index in [-0.39, 0.29) is 12.0 Å². The number of hydrogen-bond acceptors (Lipinski definition) is 4. The number of amides is 2. The van der Waals surface area contributed by atoms with E-state index < -0.39 is 0 Å². The highest BCUT2D eigenvalue weighted by molar-refractivity contribution is 6.00. The second-order valence-corrected chi connectivity index (χ2v) is 8.06. The van der Waals surface area contributed by atoms with E-state index in [9.17, 15) is 9.59 Å². The van der Waals surface area contributed by atoms with Gasteiger partial charge in [-0.3, -0.25) is 4.79 Å². The molecule has 2 heterocycles. The lowest BCUT2D eigenvalue weighted by atomic mass is 10.0. The van der Waals surface area contributed by atoms with E-state index in [0.717, 1.165) is 34.1 Å². The molecule has 1 saturated heterocycles. The number of nitrogens with zero attached hydrogens (tertiary/aromatic N) is 2. The van der Waals surface area contributed by atoms with E-state index in [0.29, 0.717) is 44.5 Å². The number of furan rings is 1. The summed E-state index contributed by atoms with van der Waals surface area (Å²) in [6.45, 7) is 12.5. The van der Waals surface area contributed by atoms with Crippen molar-refractivity contribution < 1.29 is 18.7 Å². The summed E-state index contributed by atoms with van der Waals surface area (Å²) in [6, 6.07) is 4.07. The quantitative estimate of drug-likeness (QED) is 0.789. The first-order chi connectivity index (χ1) is 13.3. The maximum atomic E-state index is 13.2. The summed E-state index contributed by atoms with van der Waals surface area (Å²) in [6.07, 6.45) is 0.425. The Hall–Kier alpha value is -2.50. The third-order valence-corrected chi connectivity index (χ3v) is 5.26. The minimum atomic E-state index is -0.297. The number of carbonyl (C=O) groups excluding carboxylic acids is 2. The lowest BCUT2D eigenvalue weighted by Crippen LogP contribution is -2.38. The molecule has 3 rings (SSSR count). The Kier molecular flexibility index (Phi) is 5.96. The summed E-state index contributed by atoms with van der Waals surface area (Å²) in [4.78, 5) is 28.9. The molecule has 6 nitrogen and oxygen atoms in total. The zero-order valence-corrected chi connectivity index (χ0v) is 17.5.